The van der Waals surface area contributed by atoms with Gasteiger partial charge in [0.1, 0.15) is 0 Å². The summed E-state index contributed by atoms with van der Waals surface area (Å²) in [6.45, 7) is 4.67. The second-order valence-corrected chi connectivity index (χ2v) is 5.90. The van der Waals surface area contributed by atoms with Gasteiger partial charge in [0.15, 0.2) is 17.8 Å². The van der Waals surface area contributed by atoms with E-state index in [2.05, 4.69) is 10.5 Å². The predicted octanol–water partition coefficient (Wildman–Crippen LogP) is 1.75. The number of morpholine rings is 1. The molecule has 1 aliphatic heterocycles. The number of nitrogens with zero attached hydrogens (tertiary/aromatic N) is 2. The lowest BCUT2D eigenvalue weighted by molar-refractivity contribution is -0.00543. The zero-order valence-electron chi connectivity index (χ0n) is 13.6. The van der Waals surface area contributed by atoms with Crippen LogP contribution in [-0.2, 0) is 4.74 Å². The summed E-state index contributed by atoms with van der Waals surface area (Å²) >= 11 is 0. The van der Waals surface area contributed by atoms with Gasteiger partial charge in [-0.1, -0.05) is 5.16 Å². The molecule has 0 aliphatic carbocycles. The first kappa shape index (κ1) is 16.4. The molecule has 2 atom stereocenters. The van der Waals surface area contributed by atoms with E-state index in [1.807, 2.05) is 13.8 Å². The van der Waals surface area contributed by atoms with E-state index >= 15 is 4.39 Å². The molecule has 3 rings (SSSR count). The van der Waals surface area contributed by atoms with E-state index in [1.165, 1.54) is 13.1 Å². The molecule has 0 unspecified atom stereocenters. The molecule has 1 aromatic carbocycles. The summed E-state index contributed by atoms with van der Waals surface area (Å²) in [5.74, 6) is -1.20. The van der Waals surface area contributed by atoms with Gasteiger partial charge >= 0.3 is 0 Å². The first-order valence-corrected chi connectivity index (χ1v) is 7.65. The van der Waals surface area contributed by atoms with Crippen molar-refractivity contribution in [2.75, 3.05) is 25.0 Å². The van der Waals surface area contributed by atoms with Crippen LogP contribution in [-0.4, -0.2) is 49.7 Å². The van der Waals surface area contributed by atoms with Gasteiger partial charge in [-0.15, -0.1) is 0 Å². The Balaban J connectivity index is 2.16. The third-order valence-corrected chi connectivity index (χ3v) is 4.01. The van der Waals surface area contributed by atoms with Gasteiger partial charge in [-0.3, -0.25) is 9.59 Å². The third-order valence-electron chi connectivity index (χ3n) is 4.01. The summed E-state index contributed by atoms with van der Waals surface area (Å²) in [5, 5.41) is 6.21. The monoisotopic (exact) mass is 335 g/mol. The number of fused-ring (bicyclic) bond motifs is 1. The summed E-state index contributed by atoms with van der Waals surface area (Å²) in [6.07, 6.45) is 0.377. The van der Waals surface area contributed by atoms with Gasteiger partial charge in [0.05, 0.1) is 23.3 Å². The molecule has 1 aliphatic rings. The normalized spacial score (nSPS) is 21.1. The van der Waals surface area contributed by atoms with Gasteiger partial charge in [-0.05, 0) is 19.9 Å². The molecular weight excluding hydrogens is 317 g/mol. The predicted molar refractivity (Wildman–Crippen MR) is 85.0 cm³/mol. The van der Waals surface area contributed by atoms with Crippen LogP contribution >= 0.6 is 0 Å². The fourth-order valence-electron chi connectivity index (χ4n) is 3.10. The number of ether oxygens (including phenoxy) is 1. The van der Waals surface area contributed by atoms with Crippen molar-refractivity contribution in [1.82, 2.24) is 10.5 Å². The van der Waals surface area contributed by atoms with Crippen LogP contribution in [0.1, 0.15) is 34.7 Å². The van der Waals surface area contributed by atoms with Crippen LogP contribution in [0.3, 0.4) is 0 Å². The number of amides is 1. The van der Waals surface area contributed by atoms with Crippen molar-refractivity contribution in [3.8, 4) is 0 Å². The number of carbonyl (C=O) groups excluding carboxylic acids is 2. The molecular formula is C16H18FN3O4. The molecule has 0 spiro atoms. The minimum atomic E-state index is -0.696. The molecule has 2 heterocycles. The smallest absolute Gasteiger partial charge is 0.273 e. The zero-order valence-corrected chi connectivity index (χ0v) is 13.6. The lowest BCUT2D eigenvalue weighted by atomic mass is 10.1. The number of anilines is 1. The summed E-state index contributed by atoms with van der Waals surface area (Å²) < 4.78 is 25.7. The molecule has 0 radical (unpaired) electrons. The number of nitrogens with one attached hydrogen (secondary N) is 1. The average Bonchev–Trinajstić information content (AvgIpc) is 2.97. The van der Waals surface area contributed by atoms with Gasteiger partial charge < -0.3 is 19.5 Å². The SMILES string of the molecule is CNC(=O)c1noc2c(F)c(N3C[C@@H](C)O[C@H](C)C3)c(C=O)cc12. The van der Waals surface area contributed by atoms with E-state index < -0.39 is 11.7 Å². The average molecular weight is 335 g/mol. The van der Waals surface area contributed by atoms with Crippen molar-refractivity contribution in [1.29, 1.82) is 0 Å². The summed E-state index contributed by atoms with van der Waals surface area (Å²) in [5.41, 5.74) is 0.111. The van der Waals surface area contributed by atoms with Crippen LogP contribution in [0.5, 0.6) is 0 Å². The molecule has 24 heavy (non-hydrogen) atoms. The van der Waals surface area contributed by atoms with Crippen molar-refractivity contribution >= 4 is 28.8 Å². The summed E-state index contributed by atoms with van der Waals surface area (Å²) in [4.78, 5) is 25.1. The van der Waals surface area contributed by atoms with E-state index in [1.54, 1.807) is 4.90 Å². The minimum absolute atomic E-state index is 0.0511. The Labute approximate surface area is 137 Å². The van der Waals surface area contributed by atoms with E-state index in [0.717, 1.165) is 0 Å². The second kappa shape index (κ2) is 6.20. The standard InChI is InChI=1S/C16H18FN3O4/c1-8-5-20(6-9(2)23-8)14-10(7-21)4-11-13(16(22)18-3)19-24-15(11)12(14)17/h4,7-9H,5-6H2,1-3H3,(H,18,22)/t8-,9-/m1/s1. The van der Waals surface area contributed by atoms with Crippen LogP contribution in [0.2, 0.25) is 0 Å². The highest BCUT2D eigenvalue weighted by atomic mass is 19.1. The molecule has 1 N–H and O–H groups in total. The van der Waals surface area contributed by atoms with E-state index in [4.69, 9.17) is 9.26 Å². The van der Waals surface area contributed by atoms with Gasteiger partial charge in [-0.25, -0.2) is 4.39 Å². The molecule has 2 aromatic rings. The maximum atomic E-state index is 15.0. The highest BCUT2D eigenvalue weighted by Gasteiger charge is 2.30. The summed E-state index contributed by atoms with van der Waals surface area (Å²) in [6, 6.07) is 1.44. The molecule has 8 heteroatoms. The molecule has 0 saturated carbocycles. The Bertz CT molecular complexity index is 794. The number of aromatic nitrogens is 1. The largest absolute Gasteiger partial charge is 0.372 e. The molecule has 7 nitrogen and oxygen atoms in total. The minimum Gasteiger partial charge on any atom is -0.372 e. The van der Waals surface area contributed by atoms with Gasteiger partial charge in [0.25, 0.3) is 5.91 Å². The van der Waals surface area contributed by atoms with Gasteiger partial charge in [0.2, 0.25) is 5.58 Å². The molecule has 1 fully saturated rings. The Morgan fingerprint density at radius 2 is 2.08 bits per heavy atom. The van der Waals surface area contributed by atoms with E-state index in [-0.39, 0.29) is 40.1 Å². The van der Waals surface area contributed by atoms with Crippen LogP contribution in [0.15, 0.2) is 10.6 Å². The Morgan fingerprint density at radius 1 is 1.42 bits per heavy atom. The van der Waals surface area contributed by atoms with Gasteiger partial charge in [-0.2, -0.15) is 0 Å². The van der Waals surface area contributed by atoms with Crippen molar-refractivity contribution in [2.24, 2.45) is 0 Å². The molecule has 0 bridgehead atoms. The number of hydrogen-bond donors (Lipinski definition) is 1. The van der Waals surface area contributed by atoms with Crippen molar-refractivity contribution < 1.29 is 23.2 Å². The third kappa shape index (κ3) is 2.62. The Morgan fingerprint density at radius 3 is 2.67 bits per heavy atom. The number of hydrogen-bond acceptors (Lipinski definition) is 6. The highest BCUT2D eigenvalue weighted by molar-refractivity contribution is 6.06. The van der Waals surface area contributed by atoms with E-state index in [0.29, 0.717) is 19.4 Å². The summed E-state index contributed by atoms with van der Waals surface area (Å²) in [7, 11) is 1.44. The number of benzene rings is 1. The van der Waals surface area contributed by atoms with Crippen LogP contribution in [0.25, 0.3) is 11.0 Å². The van der Waals surface area contributed by atoms with Crippen LogP contribution < -0.4 is 10.2 Å². The van der Waals surface area contributed by atoms with Crippen molar-refractivity contribution in [3.63, 3.8) is 0 Å². The first-order chi connectivity index (χ1) is 11.5. The second-order valence-electron chi connectivity index (χ2n) is 5.90. The van der Waals surface area contributed by atoms with Crippen LogP contribution in [0.4, 0.5) is 10.1 Å². The fraction of sp³-hybridized carbons (Fsp3) is 0.438. The number of aldehydes is 1. The van der Waals surface area contributed by atoms with Crippen molar-refractivity contribution in [2.45, 2.75) is 26.1 Å². The molecule has 1 amide bonds. The molecule has 1 aromatic heterocycles. The quantitative estimate of drug-likeness (QED) is 0.860. The lowest BCUT2D eigenvalue weighted by Gasteiger charge is -2.37. The fourth-order valence-corrected chi connectivity index (χ4v) is 3.10. The maximum absolute atomic E-state index is 15.0. The Hall–Kier alpha value is -2.48. The maximum Gasteiger partial charge on any atom is 0.273 e. The lowest BCUT2D eigenvalue weighted by Crippen LogP contribution is -2.46. The van der Waals surface area contributed by atoms with Crippen molar-refractivity contribution in [3.05, 3.63) is 23.1 Å². The topological polar surface area (TPSA) is 84.7 Å². The zero-order chi connectivity index (χ0) is 17.4. The number of rotatable bonds is 3. The van der Waals surface area contributed by atoms with Gasteiger partial charge in [0, 0.05) is 25.7 Å². The van der Waals surface area contributed by atoms with E-state index in [9.17, 15) is 9.59 Å². The Kier molecular flexibility index (Phi) is 4.23. The molecule has 1 saturated heterocycles. The molecule has 128 valence electrons. The first-order valence-electron chi connectivity index (χ1n) is 7.65. The number of carbonyl (C=O) groups is 2. The highest BCUT2D eigenvalue weighted by Crippen LogP contribution is 2.34. The number of halogens is 1. The van der Waals surface area contributed by atoms with Crippen LogP contribution in [0, 0.1) is 5.82 Å².